The second kappa shape index (κ2) is 3.42. The molecule has 0 aromatic heterocycles. The van der Waals surface area contributed by atoms with Crippen LogP contribution in [0.25, 0.3) is 0 Å². The minimum atomic E-state index is 0.128. The Morgan fingerprint density at radius 3 is 2.79 bits per heavy atom. The maximum absolute atomic E-state index is 10.7. The summed E-state index contributed by atoms with van der Waals surface area (Å²) in [5, 5.41) is 13.0. The number of carbonyl (C=O) groups is 1. The highest BCUT2D eigenvalue weighted by atomic mass is 16.3. The summed E-state index contributed by atoms with van der Waals surface area (Å²) < 4.78 is 0. The minimum Gasteiger partial charge on any atom is -0.507 e. The molecule has 14 heavy (non-hydrogen) atoms. The van der Waals surface area contributed by atoms with Crippen LogP contribution in [0.2, 0.25) is 0 Å². The summed E-state index contributed by atoms with van der Waals surface area (Å²) in [4.78, 5) is 10.7. The van der Waals surface area contributed by atoms with Gasteiger partial charge in [-0.15, -0.1) is 0 Å². The molecule has 0 amide bonds. The Morgan fingerprint density at radius 1 is 1.57 bits per heavy atom. The van der Waals surface area contributed by atoms with Gasteiger partial charge in [0, 0.05) is 11.6 Å². The van der Waals surface area contributed by atoms with Gasteiger partial charge in [-0.1, -0.05) is 6.07 Å². The topological polar surface area (TPSA) is 49.3 Å². The Bertz CT molecular complexity index is 370. The number of aromatic hydroxyl groups is 1. The van der Waals surface area contributed by atoms with Crippen LogP contribution >= 0.6 is 0 Å². The fourth-order valence-electron chi connectivity index (χ4n) is 1.75. The molecule has 0 unspecified atom stereocenters. The third-order valence-corrected chi connectivity index (χ3v) is 2.64. The number of hydrogen-bond acceptors (Lipinski definition) is 3. The summed E-state index contributed by atoms with van der Waals surface area (Å²) in [6, 6.07) is 3.84. The fourth-order valence-corrected chi connectivity index (χ4v) is 1.75. The van der Waals surface area contributed by atoms with Gasteiger partial charge in [0.25, 0.3) is 0 Å². The van der Waals surface area contributed by atoms with E-state index < -0.39 is 0 Å². The number of aldehydes is 1. The highest BCUT2D eigenvalue weighted by Crippen LogP contribution is 2.33. The molecule has 0 bridgehead atoms. The van der Waals surface area contributed by atoms with E-state index in [-0.39, 0.29) is 11.8 Å². The number of hydrogen-bond donors (Lipinski definition) is 2. The van der Waals surface area contributed by atoms with E-state index in [4.69, 9.17) is 0 Å². The molecule has 1 saturated heterocycles. The molecular formula is C11H13NO2. The lowest BCUT2D eigenvalue weighted by atomic mass is 9.93. The molecule has 0 aliphatic carbocycles. The molecule has 1 atom stereocenters. The zero-order chi connectivity index (χ0) is 10.1. The summed E-state index contributed by atoms with van der Waals surface area (Å²) in [7, 11) is 0. The molecule has 3 nitrogen and oxygen atoms in total. The Labute approximate surface area is 82.8 Å². The van der Waals surface area contributed by atoms with Gasteiger partial charge in [0.2, 0.25) is 0 Å². The number of nitrogens with one attached hydrogen (secondary N) is 1. The predicted molar refractivity (Wildman–Crippen MR) is 53.6 cm³/mol. The molecule has 2 N–H and O–H groups in total. The average Bonchev–Trinajstić information content (AvgIpc) is 2.07. The van der Waals surface area contributed by atoms with E-state index in [0.29, 0.717) is 11.8 Å². The van der Waals surface area contributed by atoms with Crippen molar-refractivity contribution in [3.8, 4) is 5.75 Å². The first-order valence-corrected chi connectivity index (χ1v) is 4.74. The average molecular weight is 191 g/mol. The van der Waals surface area contributed by atoms with Gasteiger partial charge in [-0.2, -0.15) is 0 Å². The van der Waals surface area contributed by atoms with Crippen molar-refractivity contribution in [3.05, 3.63) is 28.8 Å². The summed E-state index contributed by atoms with van der Waals surface area (Å²) >= 11 is 0. The Balaban J connectivity index is 2.46. The van der Waals surface area contributed by atoms with Gasteiger partial charge in [-0.25, -0.2) is 0 Å². The van der Waals surface area contributed by atoms with E-state index in [0.717, 1.165) is 24.1 Å². The number of phenolic OH excluding ortho intramolecular Hbond substituents is 1. The molecule has 1 heterocycles. The smallest absolute Gasteiger partial charge is 0.153 e. The van der Waals surface area contributed by atoms with Gasteiger partial charge in [-0.05, 0) is 31.5 Å². The molecule has 1 aromatic rings. The summed E-state index contributed by atoms with van der Waals surface area (Å²) in [5.41, 5.74) is 2.24. The molecule has 3 heteroatoms. The van der Waals surface area contributed by atoms with Crippen molar-refractivity contribution in [2.75, 3.05) is 6.54 Å². The Kier molecular flexibility index (Phi) is 2.25. The zero-order valence-corrected chi connectivity index (χ0v) is 8.08. The van der Waals surface area contributed by atoms with Crippen LogP contribution in [-0.2, 0) is 0 Å². The van der Waals surface area contributed by atoms with Gasteiger partial charge in [0.1, 0.15) is 5.75 Å². The standard InChI is InChI=1S/C11H13NO2/c1-7-4-8(6-13)11(14)9(5-7)10-2-3-12-10/h4-6,10,12,14H,2-3H2,1H3/t10-/m1/s1. The Hall–Kier alpha value is -1.35. The van der Waals surface area contributed by atoms with Crippen LogP contribution in [0.4, 0.5) is 0 Å². The molecule has 1 aliphatic heterocycles. The van der Waals surface area contributed by atoms with Gasteiger partial charge >= 0.3 is 0 Å². The number of aryl methyl sites for hydroxylation is 1. The molecule has 0 spiro atoms. The third kappa shape index (κ3) is 1.40. The van der Waals surface area contributed by atoms with Crippen LogP contribution in [0.1, 0.15) is 33.9 Å². The number of phenols is 1. The van der Waals surface area contributed by atoms with Crippen LogP contribution < -0.4 is 5.32 Å². The van der Waals surface area contributed by atoms with E-state index in [1.165, 1.54) is 0 Å². The monoisotopic (exact) mass is 191 g/mol. The summed E-state index contributed by atoms with van der Waals surface area (Å²) in [6.45, 7) is 2.91. The van der Waals surface area contributed by atoms with Crippen molar-refractivity contribution in [2.45, 2.75) is 19.4 Å². The quantitative estimate of drug-likeness (QED) is 0.697. The van der Waals surface area contributed by atoms with E-state index in [1.807, 2.05) is 13.0 Å². The SMILES string of the molecule is Cc1cc(C=O)c(O)c([C@H]2CCN2)c1. The van der Waals surface area contributed by atoms with Crippen LogP contribution in [0.5, 0.6) is 5.75 Å². The van der Waals surface area contributed by atoms with E-state index in [1.54, 1.807) is 6.07 Å². The number of benzene rings is 1. The van der Waals surface area contributed by atoms with Crippen LogP contribution in [0.15, 0.2) is 12.1 Å². The molecule has 1 fully saturated rings. The highest BCUT2D eigenvalue weighted by molar-refractivity contribution is 5.80. The largest absolute Gasteiger partial charge is 0.507 e. The van der Waals surface area contributed by atoms with Crippen molar-refractivity contribution in [1.29, 1.82) is 0 Å². The lowest BCUT2D eigenvalue weighted by Gasteiger charge is -2.29. The van der Waals surface area contributed by atoms with Crippen LogP contribution in [0.3, 0.4) is 0 Å². The van der Waals surface area contributed by atoms with Crippen molar-refractivity contribution >= 4 is 6.29 Å². The molecule has 0 radical (unpaired) electrons. The van der Waals surface area contributed by atoms with Crippen molar-refractivity contribution in [3.63, 3.8) is 0 Å². The first-order chi connectivity index (χ1) is 6.72. The first-order valence-electron chi connectivity index (χ1n) is 4.74. The van der Waals surface area contributed by atoms with Crippen LogP contribution in [0, 0.1) is 6.92 Å². The van der Waals surface area contributed by atoms with Gasteiger partial charge in [0.05, 0.1) is 5.56 Å². The van der Waals surface area contributed by atoms with Crippen molar-refractivity contribution in [2.24, 2.45) is 0 Å². The maximum Gasteiger partial charge on any atom is 0.153 e. The molecule has 2 rings (SSSR count). The first kappa shape index (κ1) is 9.21. The van der Waals surface area contributed by atoms with E-state index in [2.05, 4.69) is 5.32 Å². The van der Waals surface area contributed by atoms with E-state index >= 15 is 0 Å². The second-order valence-electron chi connectivity index (χ2n) is 3.71. The molecule has 0 saturated carbocycles. The highest BCUT2D eigenvalue weighted by Gasteiger charge is 2.22. The normalized spacial score (nSPS) is 20.2. The minimum absolute atomic E-state index is 0.128. The van der Waals surface area contributed by atoms with E-state index in [9.17, 15) is 9.90 Å². The molecule has 1 aliphatic rings. The number of rotatable bonds is 2. The van der Waals surface area contributed by atoms with Crippen molar-refractivity contribution in [1.82, 2.24) is 5.32 Å². The lowest BCUT2D eigenvalue weighted by Crippen LogP contribution is -2.35. The molecule has 1 aromatic carbocycles. The van der Waals surface area contributed by atoms with Crippen LogP contribution in [-0.4, -0.2) is 17.9 Å². The van der Waals surface area contributed by atoms with Gasteiger partial charge < -0.3 is 10.4 Å². The van der Waals surface area contributed by atoms with Gasteiger partial charge in [0.15, 0.2) is 6.29 Å². The zero-order valence-electron chi connectivity index (χ0n) is 8.08. The molecular weight excluding hydrogens is 178 g/mol. The summed E-state index contributed by atoms with van der Waals surface area (Å²) in [5.74, 6) is 0.128. The lowest BCUT2D eigenvalue weighted by molar-refractivity contribution is 0.112. The predicted octanol–water partition coefficient (Wildman–Crippen LogP) is 1.55. The van der Waals surface area contributed by atoms with Gasteiger partial charge in [-0.3, -0.25) is 4.79 Å². The molecule has 74 valence electrons. The van der Waals surface area contributed by atoms with Crippen molar-refractivity contribution < 1.29 is 9.90 Å². The third-order valence-electron chi connectivity index (χ3n) is 2.64. The Morgan fingerprint density at radius 2 is 2.29 bits per heavy atom. The second-order valence-corrected chi connectivity index (χ2v) is 3.71. The fraction of sp³-hybridized carbons (Fsp3) is 0.364. The number of carbonyl (C=O) groups excluding carboxylic acids is 1. The maximum atomic E-state index is 10.7. The summed E-state index contributed by atoms with van der Waals surface area (Å²) in [6.07, 6.45) is 1.72.